The third-order valence-electron chi connectivity index (χ3n) is 3.91. The molecule has 0 spiro atoms. The Morgan fingerprint density at radius 2 is 1.93 bits per heavy atom. The third-order valence-corrected chi connectivity index (χ3v) is 3.91. The Labute approximate surface area is 91.9 Å². The highest BCUT2D eigenvalue weighted by molar-refractivity contribution is 5.34. The molecule has 4 rings (SSSR count). The Hall–Kier alpha value is -0.850. The molecule has 80 valence electrons. The van der Waals surface area contributed by atoms with Crippen LogP contribution >= 0.6 is 0 Å². The average Bonchev–Trinajstić information content (AvgIpc) is 2.13. The van der Waals surface area contributed by atoms with Crippen LogP contribution in [0.4, 0.5) is 0 Å². The van der Waals surface area contributed by atoms with Crippen LogP contribution in [0.2, 0.25) is 0 Å². The molecule has 2 bridgehead atoms. The van der Waals surface area contributed by atoms with E-state index in [2.05, 4.69) is 32.9 Å². The van der Waals surface area contributed by atoms with E-state index >= 15 is 0 Å². The number of aromatic nitrogens is 1. The van der Waals surface area contributed by atoms with Crippen molar-refractivity contribution in [3.8, 4) is 0 Å². The SMILES string of the molecule is CC(C)(C)c1ccc2c(n1)[C@H]1C[C@@H](C2)C1. The van der Waals surface area contributed by atoms with Crippen molar-refractivity contribution in [1.82, 2.24) is 4.98 Å². The summed E-state index contributed by atoms with van der Waals surface area (Å²) in [5.74, 6) is 1.77. The smallest absolute Gasteiger partial charge is 0.0470 e. The van der Waals surface area contributed by atoms with Gasteiger partial charge in [0.2, 0.25) is 0 Å². The Morgan fingerprint density at radius 1 is 1.20 bits per heavy atom. The highest BCUT2D eigenvalue weighted by Gasteiger charge is 2.38. The Bertz CT molecular complexity index is 394. The molecule has 1 aromatic heterocycles. The zero-order valence-electron chi connectivity index (χ0n) is 9.88. The van der Waals surface area contributed by atoms with Gasteiger partial charge in [-0.2, -0.15) is 0 Å². The van der Waals surface area contributed by atoms with Gasteiger partial charge in [-0.25, -0.2) is 0 Å². The van der Waals surface area contributed by atoms with E-state index in [0.29, 0.717) is 0 Å². The van der Waals surface area contributed by atoms with Crippen LogP contribution in [0.15, 0.2) is 12.1 Å². The minimum absolute atomic E-state index is 0.190. The largest absolute Gasteiger partial charge is 0.257 e. The predicted octanol–water partition coefficient (Wildman–Crippen LogP) is 3.43. The molecule has 1 heterocycles. The van der Waals surface area contributed by atoms with Crippen LogP contribution < -0.4 is 0 Å². The molecule has 3 aliphatic rings. The van der Waals surface area contributed by atoms with Crippen molar-refractivity contribution in [1.29, 1.82) is 0 Å². The monoisotopic (exact) mass is 201 g/mol. The summed E-state index contributed by atoms with van der Waals surface area (Å²) in [6.45, 7) is 6.73. The molecule has 0 N–H and O–H groups in total. The van der Waals surface area contributed by atoms with Gasteiger partial charge in [0, 0.05) is 22.7 Å². The topological polar surface area (TPSA) is 12.9 Å². The first-order valence-electron chi connectivity index (χ1n) is 6.04. The summed E-state index contributed by atoms with van der Waals surface area (Å²) >= 11 is 0. The molecule has 0 radical (unpaired) electrons. The van der Waals surface area contributed by atoms with Gasteiger partial charge in [0.05, 0.1) is 0 Å². The van der Waals surface area contributed by atoms with Crippen LogP contribution in [0.1, 0.15) is 56.5 Å². The summed E-state index contributed by atoms with van der Waals surface area (Å²) in [6.07, 6.45) is 4.07. The fraction of sp³-hybridized carbons (Fsp3) is 0.643. The van der Waals surface area contributed by atoms with Crippen LogP contribution in [0, 0.1) is 5.92 Å². The van der Waals surface area contributed by atoms with E-state index in [0.717, 1.165) is 11.8 Å². The standard InChI is InChI=1S/C14H19N/c1-14(2,3)12-5-4-10-6-9-7-11(8-9)13(10)15-12/h4-5,9,11H,6-8H2,1-3H3/t9-,11+. The predicted molar refractivity (Wildman–Crippen MR) is 62.1 cm³/mol. The van der Waals surface area contributed by atoms with Gasteiger partial charge in [-0.05, 0) is 36.8 Å². The molecule has 1 heteroatoms. The van der Waals surface area contributed by atoms with Gasteiger partial charge >= 0.3 is 0 Å². The summed E-state index contributed by atoms with van der Waals surface area (Å²) in [6, 6.07) is 4.55. The Kier molecular flexibility index (Phi) is 1.78. The maximum atomic E-state index is 4.90. The van der Waals surface area contributed by atoms with Crippen LogP contribution in [-0.2, 0) is 11.8 Å². The fourth-order valence-electron chi connectivity index (χ4n) is 2.88. The Morgan fingerprint density at radius 3 is 2.60 bits per heavy atom. The van der Waals surface area contributed by atoms with E-state index in [1.807, 2.05) is 0 Å². The maximum Gasteiger partial charge on any atom is 0.0470 e. The lowest BCUT2D eigenvalue weighted by Crippen LogP contribution is -2.32. The number of nitrogens with zero attached hydrogens (tertiary/aromatic N) is 1. The summed E-state index contributed by atoms with van der Waals surface area (Å²) in [7, 11) is 0. The van der Waals surface area contributed by atoms with E-state index in [1.54, 1.807) is 0 Å². The molecule has 0 unspecified atom stereocenters. The molecular weight excluding hydrogens is 182 g/mol. The molecule has 15 heavy (non-hydrogen) atoms. The van der Waals surface area contributed by atoms with Crippen molar-refractivity contribution in [2.24, 2.45) is 5.92 Å². The lowest BCUT2D eigenvalue weighted by Gasteiger charge is -2.42. The van der Waals surface area contributed by atoms with E-state index in [1.165, 1.54) is 36.2 Å². The van der Waals surface area contributed by atoms with Gasteiger partial charge in [0.1, 0.15) is 0 Å². The number of hydrogen-bond acceptors (Lipinski definition) is 1. The molecule has 1 aromatic rings. The molecule has 0 aromatic carbocycles. The summed E-state index contributed by atoms with van der Waals surface area (Å²) < 4.78 is 0. The summed E-state index contributed by atoms with van der Waals surface area (Å²) in [5.41, 5.74) is 4.39. The van der Waals surface area contributed by atoms with Crippen molar-refractivity contribution >= 4 is 0 Å². The summed E-state index contributed by atoms with van der Waals surface area (Å²) in [4.78, 5) is 4.90. The lowest BCUT2D eigenvalue weighted by atomic mass is 9.64. The fourth-order valence-corrected chi connectivity index (χ4v) is 2.88. The van der Waals surface area contributed by atoms with Gasteiger partial charge in [-0.1, -0.05) is 26.8 Å². The first kappa shape index (κ1) is 9.38. The molecule has 1 saturated carbocycles. The highest BCUT2D eigenvalue weighted by Crippen LogP contribution is 2.49. The van der Waals surface area contributed by atoms with Gasteiger partial charge in [-0.15, -0.1) is 0 Å². The second-order valence-corrected chi connectivity index (χ2v) is 6.23. The minimum Gasteiger partial charge on any atom is -0.257 e. The molecule has 3 aliphatic carbocycles. The van der Waals surface area contributed by atoms with Crippen molar-refractivity contribution in [3.63, 3.8) is 0 Å². The quantitative estimate of drug-likeness (QED) is 0.626. The van der Waals surface area contributed by atoms with Crippen molar-refractivity contribution in [2.45, 2.75) is 51.4 Å². The number of rotatable bonds is 0. The molecule has 0 amide bonds. The highest BCUT2D eigenvalue weighted by atomic mass is 14.8. The Balaban J connectivity index is 2.05. The third kappa shape index (κ3) is 1.40. The number of hydrogen-bond donors (Lipinski definition) is 0. The maximum absolute atomic E-state index is 4.90. The van der Waals surface area contributed by atoms with Crippen molar-refractivity contribution in [3.05, 3.63) is 29.1 Å². The van der Waals surface area contributed by atoms with Crippen molar-refractivity contribution in [2.75, 3.05) is 0 Å². The van der Waals surface area contributed by atoms with Gasteiger partial charge in [0.15, 0.2) is 0 Å². The second-order valence-electron chi connectivity index (χ2n) is 6.23. The van der Waals surface area contributed by atoms with Crippen LogP contribution in [-0.4, -0.2) is 4.98 Å². The molecule has 0 saturated heterocycles. The zero-order chi connectivity index (χ0) is 10.6. The van der Waals surface area contributed by atoms with Crippen LogP contribution in [0.5, 0.6) is 0 Å². The molecule has 1 nitrogen and oxygen atoms in total. The first-order valence-corrected chi connectivity index (χ1v) is 6.04. The van der Waals surface area contributed by atoms with Gasteiger partial charge in [0.25, 0.3) is 0 Å². The normalized spacial score (nSPS) is 28.2. The van der Waals surface area contributed by atoms with Gasteiger partial charge < -0.3 is 0 Å². The number of pyridine rings is 1. The van der Waals surface area contributed by atoms with E-state index in [4.69, 9.17) is 4.98 Å². The lowest BCUT2D eigenvalue weighted by molar-refractivity contribution is 0.231. The second kappa shape index (κ2) is 2.84. The first-order chi connectivity index (χ1) is 7.04. The summed E-state index contributed by atoms with van der Waals surface area (Å²) in [5, 5.41) is 0. The average molecular weight is 201 g/mol. The van der Waals surface area contributed by atoms with Gasteiger partial charge in [-0.3, -0.25) is 4.98 Å². The van der Waals surface area contributed by atoms with E-state index < -0.39 is 0 Å². The van der Waals surface area contributed by atoms with Crippen molar-refractivity contribution < 1.29 is 0 Å². The minimum atomic E-state index is 0.190. The molecule has 1 fully saturated rings. The van der Waals surface area contributed by atoms with Crippen LogP contribution in [0.25, 0.3) is 0 Å². The molecular formula is C14H19N. The van der Waals surface area contributed by atoms with E-state index in [-0.39, 0.29) is 5.41 Å². The zero-order valence-corrected chi connectivity index (χ0v) is 9.88. The molecule has 0 aliphatic heterocycles. The van der Waals surface area contributed by atoms with E-state index in [9.17, 15) is 0 Å². The van der Waals surface area contributed by atoms with Crippen LogP contribution in [0.3, 0.4) is 0 Å². The molecule has 0 atom stereocenters.